The number of rotatable bonds is 2. The van der Waals surface area contributed by atoms with Crippen LogP contribution in [0.25, 0.3) is 0 Å². The predicted octanol–water partition coefficient (Wildman–Crippen LogP) is 0.236. The van der Waals surface area contributed by atoms with Crippen LogP contribution in [0.2, 0.25) is 0 Å². The topological polar surface area (TPSA) is 83.1 Å². The van der Waals surface area contributed by atoms with Gasteiger partial charge in [-0.3, -0.25) is 14.9 Å². The molecule has 18 heavy (non-hydrogen) atoms. The van der Waals surface area contributed by atoms with E-state index in [1.807, 2.05) is 0 Å². The quantitative estimate of drug-likeness (QED) is 0.654. The summed E-state index contributed by atoms with van der Waals surface area (Å²) in [7, 11) is 0. The Hall–Kier alpha value is -1.95. The molecule has 1 aliphatic rings. The number of piperidine rings is 1. The summed E-state index contributed by atoms with van der Waals surface area (Å²) < 4.78 is 0. The molecule has 0 bridgehead atoms. The molecule has 6 heteroatoms. The van der Waals surface area contributed by atoms with Gasteiger partial charge in [-0.05, 0) is 37.9 Å². The Bertz CT molecular complexity index is 415. The lowest BCUT2D eigenvalue weighted by Gasteiger charge is -2.23. The summed E-state index contributed by atoms with van der Waals surface area (Å²) in [5, 5.41) is 8.23. The average molecular weight is 248 g/mol. The molecular formula is C12H16N4O2. The number of pyridine rings is 1. The van der Waals surface area contributed by atoms with Gasteiger partial charge in [0.1, 0.15) is 5.82 Å². The molecule has 1 unspecified atom stereocenters. The fourth-order valence-electron chi connectivity index (χ4n) is 1.81. The molecule has 2 rings (SSSR count). The van der Waals surface area contributed by atoms with E-state index in [4.69, 9.17) is 0 Å². The van der Waals surface area contributed by atoms with Gasteiger partial charge in [0.25, 0.3) is 0 Å². The highest BCUT2D eigenvalue weighted by Gasteiger charge is 2.20. The summed E-state index contributed by atoms with van der Waals surface area (Å²) in [6, 6.07) is 5.11. The Morgan fingerprint density at radius 1 is 1.28 bits per heavy atom. The predicted molar refractivity (Wildman–Crippen MR) is 66.7 cm³/mol. The highest BCUT2D eigenvalue weighted by atomic mass is 16.2. The molecule has 1 aromatic rings. The average Bonchev–Trinajstić information content (AvgIpc) is 2.41. The first kappa shape index (κ1) is 12.5. The SMILES string of the molecule is O=C(Nc1ccccn1)C(=O)NC1CCCCN1. The van der Waals surface area contributed by atoms with E-state index in [1.165, 1.54) is 0 Å². The van der Waals surface area contributed by atoms with Gasteiger partial charge in [-0.15, -0.1) is 0 Å². The van der Waals surface area contributed by atoms with Crippen LogP contribution in [0.5, 0.6) is 0 Å². The number of nitrogens with zero attached hydrogens (tertiary/aromatic N) is 1. The minimum absolute atomic E-state index is 0.110. The van der Waals surface area contributed by atoms with Gasteiger partial charge in [0.2, 0.25) is 0 Å². The number of carbonyl (C=O) groups excluding carboxylic acids is 2. The largest absolute Gasteiger partial charge is 0.333 e. The van der Waals surface area contributed by atoms with Crippen LogP contribution in [0.4, 0.5) is 5.82 Å². The van der Waals surface area contributed by atoms with Crippen LogP contribution in [0.1, 0.15) is 19.3 Å². The van der Waals surface area contributed by atoms with E-state index in [0.717, 1.165) is 25.8 Å². The smallest absolute Gasteiger partial charge is 0.314 e. The molecule has 96 valence electrons. The molecule has 2 heterocycles. The van der Waals surface area contributed by atoms with Crippen molar-refractivity contribution in [1.82, 2.24) is 15.6 Å². The Morgan fingerprint density at radius 3 is 2.83 bits per heavy atom. The maximum absolute atomic E-state index is 11.6. The normalized spacial score (nSPS) is 19.0. The summed E-state index contributed by atoms with van der Waals surface area (Å²) in [4.78, 5) is 27.1. The third kappa shape index (κ3) is 3.53. The van der Waals surface area contributed by atoms with Crippen molar-refractivity contribution in [3.05, 3.63) is 24.4 Å². The van der Waals surface area contributed by atoms with Crippen LogP contribution >= 0.6 is 0 Å². The Morgan fingerprint density at radius 2 is 2.17 bits per heavy atom. The molecule has 1 aromatic heterocycles. The highest BCUT2D eigenvalue weighted by Crippen LogP contribution is 2.04. The fraction of sp³-hybridized carbons (Fsp3) is 0.417. The van der Waals surface area contributed by atoms with Crippen molar-refractivity contribution in [2.75, 3.05) is 11.9 Å². The summed E-state index contributed by atoms with van der Waals surface area (Å²) in [5.41, 5.74) is 0. The molecule has 0 spiro atoms. The van der Waals surface area contributed by atoms with Crippen molar-refractivity contribution >= 4 is 17.6 Å². The van der Waals surface area contributed by atoms with Gasteiger partial charge in [-0.25, -0.2) is 4.98 Å². The summed E-state index contributed by atoms with van der Waals surface area (Å²) in [5.74, 6) is -0.963. The molecule has 1 atom stereocenters. The Labute approximate surface area is 105 Å². The third-order valence-electron chi connectivity index (χ3n) is 2.73. The second kappa shape index (κ2) is 6.11. The summed E-state index contributed by atoms with van der Waals surface area (Å²) >= 11 is 0. The van der Waals surface area contributed by atoms with Gasteiger partial charge in [0.05, 0.1) is 6.17 Å². The van der Waals surface area contributed by atoms with Crippen molar-refractivity contribution in [2.45, 2.75) is 25.4 Å². The van der Waals surface area contributed by atoms with E-state index in [9.17, 15) is 9.59 Å². The highest BCUT2D eigenvalue weighted by molar-refractivity contribution is 6.39. The minimum Gasteiger partial charge on any atom is -0.333 e. The van der Waals surface area contributed by atoms with Gasteiger partial charge in [-0.1, -0.05) is 6.07 Å². The number of aromatic nitrogens is 1. The maximum atomic E-state index is 11.6. The number of hydrogen-bond acceptors (Lipinski definition) is 4. The number of hydrogen-bond donors (Lipinski definition) is 3. The van der Waals surface area contributed by atoms with E-state index in [1.54, 1.807) is 24.4 Å². The van der Waals surface area contributed by atoms with E-state index in [0.29, 0.717) is 5.82 Å². The van der Waals surface area contributed by atoms with E-state index in [2.05, 4.69) is 20.9 Å². The Balaban J connectivity index is 1.83. The zero-order valence-electron chi connectivity index (χ0n) is 9.98. The molecule has 0 radical (unpaired) electrons. The van der Waals surface area contributed by atoms with Crippen molar-refractivity contribution in [3.63, 3.8) is 0 Å². The molecule has 3 N–H and O–H groups in total. The van der Waals surface area contributed by atoms with Crippen LogP contribution in [0, 0.1) is 0 Å². The van der Waals surface area contributed by atoms with Crippen molar-refractivity contribution in [3.8, 4) is 0 Å². The first-order chi connectivity index (χ1) is 8.75. The molecule has 0 aromatic carbocycles. The molecule has 1 aliphatic heterocycles. The number of anilines is 1. The van der Waals surface area contributed by atoms with Crippen LogP contribution in [-0.4, -0.2) is 29.5 Å². The van der Waals surface area contributed by atoms with Crippen LogP contribution in [0.3, 0.4) is 0 Å². The third-order valence-corrected chi connectivity index (χ3v) is 2.73. The van der Waals surface area contributed by atoms with E-state index >= 15 is 0 Å². The second-order valence-corrected chi connectivity index (χ2v) is 4.15. The second-order valence-electron chi connectivity index (χ2n) is 4.15. The van der Waals surface area contributed by atoms with Gasteiger partial charge >= 0.3 is 11.8 Å². The lowest BCUT2D eigenvalue weighted by atomic mass is 10.1. The van der Waals surface area contributed by atoms with Gasteiger partial charge in [0.15, 0.2) is 0 Å². The minimum atomic E-state index is -0.693. The van der Waals surface area contributed by atoms with E-state index < -0.39 is 11.8 Å². The summed E-state index contributed by atoms with van der Waals surface area (Å²) in [6.07, 6.45) is 4.45. The summed E-state index contributed by atoms with van der Waals surface area (Å²) in [6.45, 7) is 0.868. The standard InChI is InChI=1S/C12H16N4O2/c17-11(15-9-5-1-3-7-13-9)12(18)16-10-6-2-4-8-14-10/h1,3,5,7,10,14H,2,4,6,8H2,(H,16,18)(H,13,15,17). The van der Waals surface area contributed by atoms with Crippen molar-refractivity contribution < 1.29 is 9.59 Å². The molecule has 6 nitrogen and oxygen atoms in total. The van der Waals surface area contributed by atoms with Crippen LogP contribution in [0.15, 0.2) is 24.4 Å². The van der Waals surface area contributed by atoms with Crippen LogP contribution in [-0.2, 0) is 9.59 Å². The number of nitrogens with one attached hydrogen (secondary N) is 3. The van der Waals surface area contributed by atoms with Crippen LogP contribution < -0.4 is 16.0 Å². The number of amides is 2. The van der Waals surface area contributed by atoms with Gasteiger partial charge in [-0.2, -0.15) is 0 Å². The monoisotopic (exact) mass is 248 g/mol. The lowest BCUT2D eigenvalue weighted by Crippen LogP contribution is -2.50. The molecule has 0 saturated carbocycles. The Kier molecular flexibility index (Phi) is 4.25. The number of carbonyl (C=O) groups is 2. The molecular weight excluding hydrogens is 232 g/mol. The molecule has 1 saturated heterocycles. The fourth-order valence-corrected chi connectivity index (χ4v) is 1.81. The first-order valence-electron chi connectivity index (χ1n) is 6.02. The van der Waals surface area contributed by atoms with Crippen molar-refractivity contribution in [1.29, 1.82) is 0 Å². The molecule has 0 aliphatic carbocycles. The zero-order valence-corrected chi connectivity index (χ0v) is 9.98. The van der Waals surface area contributed by atoms with Gasteiger partial charge < -0.3 is 10.6 Å². The van der Waals surface area contributed by atoms with Gasteiger partial charge in [0, 0.05) is 6.20 Å². The lowest BCUT2D eigenvalue weighted by molar-refractivity contribution is -0.136. The maximum Gasteiger partial charge on any atom is 0.314 e. The molecule has 2 amide bonds. The zero-order chi connectivity index (χ0) is 12.8. The first-order valence-corrected chi connectivity index (χ1v) is 6.02. The van der Waals surface area contributed by atoms with E-state index in [-0.39, 0.29) is 6.17 Å². The molecule has 1 fully saturated rings. The van der Waals surface area contributed by atoms with Crippen molar-refractivity contribution in [2.24, 2.45) is 0 Å².